The third-order valence-electron chi connectivity index (χ3n) is 6.53. The molecule has 3 amide bonds. The number of hydrogen-bond acceptors (Lipinski definition) is 9. The van der Waals surface area contributed by atoms with E-state index in [2.05, 4.69) is 45.4 Å². The molecular weight excluding hydrogens is 529 g/mol. The number of anilines is 2. The molecular formula is C24H30FN7O4SSi. The van der Waals surface area contributed by atoms with Gasteiger partial charge < -0.3 is 24.4 Å². The lowest BCUT2D eigenvalue weighted by Gasteiger charge is -2.47. The van der Waals surface area contributed by atoms with Crippen LogP contribution in [0.5, 0.6) is 0 Å². The Kier molecular flexibility index (Phi) is 7.09. The minimum atomic E-state index is -1.34. The molecule has 14 heteroatoms. The molecule has 0 saturated carbocycles. The highest BCUT2D eigenvalue weighted by atomic mass is 32.1. The third-order valence-corrected chi connectivity index (χ3v) is 9.35. The fourth-order valence-corrected chi connectivity index (χ4v) is 6.35. The Morgan fingerprint density at radius 1 is 1.21 bits per heavy atom. The molecule has 3 aromatic rings. The number of fused-ring (bicyclic) bond motifs is 4. The van der Waals surface area contributed by atoms with Crippen LogP contribution >= 0.6 is 11.3 Å². The Morgan fingerprint density at radius 2 is 1.97 bits per heavy atom. The zero-order valence-corrected chi connectivity index (χ0v) is 23.5. The van der Waals surface area contributed by atoms with E-state index < -0.39 is 8.07 Å². The normalized spacial score (nSPS) is 18.7. The lowest BCUT2D eigenvalue weighted by Crippen LogP contribution is -2.59. The van der Waals surface area contributed by atoms with Crippen molar-refractivity contribution in [3.8, 4) is 11.4 Å². The Hall–Kier alpha value is -3.52. The molecule has 2 N–H and O–H groups in total. The molecule has 2 atom stereocenters. The average Bonchev–Trinajstić information content (AvgIpc) is 3.50. The molecule has 2 aliphatic rings. The minimum absolute atomic E-state index is 0.192. The van der Waals surface area contributed by atoms with Crippen molar-refractivity contribution in [1.82, 2.24) is 25.3 Å². The summed E-state index contributed by atoms with van der Waals surface area (Å²) >= 11 is 1.36. The van der Waals surface area contributed by atoms with Gasteiger partial charge in [-0.25, -0.2) is 19.0 Å². The number of rotatable bonds is 6. The summed E-state index contributed by atoms with van der Waals surface area (Å²) in [5, 5.41) is 9.87. The molecule has 2 aromatic heterocycles. The first kappa shape index (κ1) is 26.1. The number of hydrogen-bond donors (Lipinski definition) is 2. The molecule has 2 aliphatic heterocycles. The van der Waals surface area contributed by atoms with E-state index in [9.17, 15) is 14.0 Å². The quantitative estimate of drug-likeness (QED) is 0.427. The van der Waals surface area contributed by atoms with Crippen molar-refractivity contribution in [3.05, 3.63) is 40.7 Å². The minimum Gasteiger partial charge on any atom is -0.450 e. The van der Waals surface area contributed by atoms with E-state index in [0.717, 1.165) is 16.6 Å². The number of ether oxygens (including phenoxy) is 1. The fourth-order valence-electron chi connectivity index (χ4n) is 4.56. The van der Waals surface area contributed by atoms with Crippen LogP contribution in [0.4, 0.5) is 25.1 Å². The molecule has 2 bridgehead atoms. The molecule has 0 radical (unpaired) electrons. The van der Waals surface area contributed by atoms with Crippen LogP contribution in [0, 0.1) is 5.82 Å². The van der Waals surface area contributed by atoms with Crippen LogP contribution in [-0.2, 0) is 11.2 Å². The number of carbonyl (C=O) groups is 2. The van der Waals surface area contributed by atoms with E-state index in [1.807, 2.05) is 4.90 Å². The van der Waals surface area contributed by atoms with Crippen LogP contribution in [0.25, 0.3) is 11.4 Å². The van der Waals surface area contributed by atoms with Crippen molar-refractivity contribution in [2.75, 3.05) is 37.0 Å². The second-order valence-electron chi connectivity index (χ2n) is 10.6. The van der Waals surface area contributed by atoms with E-state index in [1.54, 1.807) is 17.0 Å². The molecule has 1 saturated heterocycles. The van der Waals surface area contributed by atoms with E-state index in [1.165, 1.54) is 30.5 Å². The number of urea groups is 1. The maximum Gasteiger partial charge on any atom is 0.409 e. The van der Waals surface area contributed by atoms with E-state index >= 15 is 0 Å². The van der Waals surface area contributed by atoms with Crippen LogP contribution in [0.15, 0.2) is 28.8 Å². The third kappa shape index (κ3) is 5.50. The maximum atomic E-state index is 13.4. The van der Waals surface area contributed by atoms with Crippen molar-refractivity contribution >= 4 is 42.7 Å². The average molecular weight is 560 g/mol. The summed E-state index contributed by atoms with van der Waals surface area (Å²) in [6.45, 7) is 7.86. The zero-order valence-electron chi connectivity index (χ0n) is 21.7. The number of benzene rings is 1. The van der Waals surface area contributed by atoms with Crippen LogP contribution in [0.2, 0.25) is 25.7 Å². The van der Waals surface area contributed by atoms with Crippen LogP contribution in [0.1, 0.15) is 16.6 Å². The second-order valence-corrected chi connectivity index (χ2v) is 17.2. The lowest BCUT2D eigenvalue weighted by atomic mass is 9.94. The highest BCUT2D eigenvalue weighted by Crippen LogP contribution is 2.44. The van der Waals surface area contributed by atoms with Crippen molar-refractivity contribution in [3.63, 3.8) is 0 Å². The van der Waals surface area contributed by atoms with Gasteiger partial charge in [-0.05, 0) is 30.3 Å². The molecule has 2 unspecified atom stereocenters. The summed E-state index contributed by atoms with van der Waals surface area (Å²) in [7, 11) is 0.199. The molecule has 1 fully saturated rings. The highest BCUT2D eigenvalue weighted by Gasteiger charge is 2.46. The number of piperazine rings is 1. The number of amides is 3. The van der Waals surface area contributed by atoms with E-state index in [0.29, 0.717) is 48.7 Å². The van der Waals surface area contributed by atoms with Gasteiger partial charge in [-0.1, -0.05) is 36.1 Å². The Balaban J connectivity index is 1.42. The number of nitrogens with zero attached hydrogens (tertiary/aromatic N) is 5. The fraction of sp³-hybridized carbons (Fsp3) is 0.458. The smallest absolute Gasteiger partial charge is 0.409 e. The van der Waals surface area contributed by atoms with Crippen molar-refractivity contribution in [2.24, 2.45) is 0 Å². The van der Waals surface area contributed by atoms with Gasteiger partial charge in [0.05, 0.1) is 29.3 Å². The van der Waals surface area contributed by atoms with Crippen LogP contribution in [0.3, 0.4) is 0 Å². The Morgan fingerprint density at radius 3 is 2.68 bits per heavy atom. The molecule has 4 heterocycles. The number of halogens is 1. The van der Waals surface area contributed by atoms with E-state index in [-0.39, 0.29) is 30.0 Å². The first-order valence-electron chi connectivity index (χ1n) is 12.4. The van der Waals surface area contributed by atoms with Gasteiger partial charge in [0.25, 0.3) is 0 Å². The van der Waals surface area contributed by atoms with Crippen LogP contribution < -0.4 is 15.5 Å². The van der Waals surface area contributed by atoms with Gasteiger partial charge in [-0.3, -0.25) is 5.32 Å². The summed E-state index contributed by atoms with van der Waals surface area (Å²) in [5.41, 5.74) is 1.50. The highest BCUT2D eigenvalue weighted by molar-refractivity contribution is 7.16. The molecule has 1 aromatic carbocycles. The number of thiazole rings is 1. The summed E-state index contributed by atoms with van der Waals surface area (Å²) in [6, 6.07) is 6.22. The van der Waals surface area contributed by atoms with Crippen molar-refractivity contribution < 1.29 is 23.2 Å². The van der Waals surface area contributed by atoms with Crippen molar-refractivity contribution in [2.45, 2.75) is 44.2 Å². The molecule has 202 valence electrons. The largest absolute Gasteiger partial charge is 0.450 e. The number of aromatic nitrogens is 3. The molecule has 5 rings (SSSR count). The van der Waals surface area contributed by atoms with Gasteiger partial charge in [0, 0.05) is 40.2 Å². The topological polar surface area (TPSA) is 126 Å². The maximum absolute atomic E-state index is 13.4. The van der Waals surface area contributed by atoms with Gasteiger partial charge in [-0.2, -0.15) is 4.98 Å². The summed E-state index contributed by atoms with van der Waals surface area (Å²) in [5.74, 6) is -0.00324. The van der Waals surface area contributed by atoms with Gasteiger partial charge >= 0.3 is 18.1 Å². The summed E-state index contributed by atoms with van der Waals surface area (Å²) in [6.07, 6.45) is 0.178. The Labute approximate surface area is 224 Å². The van der Waals surface area contributed by atoms with E-state index in [4.69, 9.17) is 9.26 Å². The monoisotopic (exact) mass is 559 g/mol. The van der Waals surface area contributed by atoms with Gasteiger partial charge in [-0.15, -0.1) is 0 Å². The van der Waals surface area contributed by atoms with Crippen molar-refractivity contribution in [1.29, 1.82) is 0 Å². The van der Waals surface area contributed by atoms with Gasteiger partial charge in [0.15, 0.2) is 5.13 Å². The summed E-state index contributed by atoms with van der Waals surface area (Å²) in [4.78, 5) is 38.8. The first-order chi connectivity index (χ1) is 18.1. The second kappa shape index (κ2) is 10.3. The summed E-state index contributed by atoms with van der Waals surface area (Å²) < 4.78 is 24.7. The number of carbonyl (C=O) groups excluding carboxylic acids is 2. The molecule has 38 heavy (non-hydrogen) atoms. The Bertz CT molecular complexity index is 1330. The molecule has 0 aliphatic carbocycles. The van der Waals surface area contributed by atoms with Gasteiger partial charge in [0.2, 0.25) is 5.82 Å². The first-order valence-corrected chi connectivity index (χ1v) is 16.9. The zero-order chi connectivity index (χ0) is 27.0. The molecule has 11 nitrogen and oxygen atoms in total. The van der Waals surface area contributed by atoms with Gasteiger partial charge in [0.1, 0.15) is 5.82 Å². The number of nitrogens with one attached hydrogen (secondary N) is 2. The molecule has 0 spiro atoms. The van der Waals surface area contributed by atoms with Crippen LogP contribution in [-0.4, -0.2) is 73.0 Å². The predicted octanol–water partition coefficient (Wildman–Crippen LogP) is 4.35. The lowest BCUT2D eigenvalue weighted by molar-refractivity contribution is 0.0884. The predicted molar refractivity (Wildman–Crippen MR) is 144 cm³/mol. The SMILES string of the molecule is CNC(=O)Nc1nc2c(s1)C1CN(C(=O)OCC[Si](C)(C)C)CC(C2)N1c1nc(-c2ccc(F)cc2)no1. The standard InChI is InChI=1S/C24H30FN7O4SSi/c1-26-21(33)29-22-27-17-11-16-12-31(24(34)35-9-10-38(2,3)4)13-18(19(17)37-22)32(16)23-28-20(30-36-23)14-5-7-15(25)8-6-14/h5-8,16,18H,9-13H2,1-4H3,(H2,26,27,29,33).